The Morgan fingerprint density at radius 2 is 2.07 bits per heavy atom. The first kappa shape index (κ1) is 10.3. The van der Waals surface area contributed by atoms with Gasteiger partial charge in [0, 0.05) is 0 Å². The summed E-state index contributed by atoms with van der Waals surface area (Å²) in [5.74, 6) is 1.68. The van der Waals surface area contributed by atoms with Gasteiger partial charge in [0.25, 0.3) is 0 Å². The van der Waals surface area contributed by atoms with Crippen molar-refractivity contribution < 1.29 is 9.47 Å². The Bertz CT molecular complexity index is 397. The molecule has 0 radical (unpaired) electrons. The Morgan fingerprint density at radius 1 is 1.20 bits per heavy atom. The number of benzene rings is 1. The van der Waals surface area contributed by atoms with Crippen LogP contribution < -0.4 is 9.47 Å². The van der Waals surface area contributed by atoms with Crippen molar-refractivity contribution >= 4 is 15.9 Å². The number of hydrogen-bond acceptors (Lipinski definition) is 2. The smallest absolute Gasteiger partial charge is 0.231 e. The lowest BCUT2D eigenvalue weighted by Crippen LogP contribution is -1.92. The first-order valence-corrected chi connectivity index (χ1v) is 5.62. The number of halogens is 1. The summed E-state index contributed by atoms with van der Waals surface area (Å²) in [7, 11) is 0. The van der Waals surface area contributed by atoms with Gasteiger partial charge >= 0.3 is 0 Å². The van der Waals surface area contributed by atoms with Gasteiger partial charge in [0.15, 0.2) is 11.5 Å². The molecule has 1 aliphatic heterocycles. The molecule has 0 fully saturated rings. The second-order valence-corrected chi connectivity index (χ2v) is 3.67. The van der Waals surface area contributed by atoms with Gasteiger partial charge in [-0.15, -0.1) is 0 Å². The minimum Gasteiger partial charge on any atom is -0.454 e. The average molecular weight is 267 g/mol. The van der Waals surface area contributed by atoms with E-state index in [-0.39, 0.29) is 0 Å². The lowest BCUT2D eigenvalue weighted by Gasteiger charge is -1.98. The van der Waals surface area contributed by atoms with E-state index in [1.807, 2.05) is 29.3 Å². The fourth-order valence-corrected chi connectivity index (χ4v) is 1.57. The van der Waals surface area contributed by atoms with Crippen LogP contribution in [0.2, 0.25) is 0 Å². The van der Waals surface area contributed by atoms with Crippen molar-refractivity contribution in [2.75, 3.05) is 6.79 Å². The monoisotopic (exact) mass is 266 g/mol. The van der Waals surface area contributed by atoms with Crippen molar-refractivity contribution in [1.82, 2.24) is 0 Å². The molecule has 0 saturated carbocycles. The van der Waals surface area contributed by atoms with Crippen molar-refractivity contribution in [2.24, 2.45) is 0 Å². The van der Waals surface area contributed by atoms with Crippen molar-refractivity contribution in [3.63, 3.8) is 0 Å². The summed E-state index contributed by atoms with van der Waals surface area (Å²) in [5.41, 5.74) is 1.22. The predicted octanol–water partition coefficient (Wildman–Crippen LogP) is 3.42. The molecular formula is C12H11BrO2. The van der Waals surface area contributed by atoms with Crippen molar-refractivity contribution in [2.45, 2.75) is 6.42 Å². The standard InChI is InChI=1S/C12H11BrO2/c13-7-3-1-2-4-10-5-6-11-12(8-10)15-9-14-11/h1-3,5-8H,4,9H2/b2-1+,7-3+. The van der Waals surface area contributed by atoms with Crippen LogP contribution in [0.25, 0.3) is 0 Å². The molecule has 15 heavy (non-hydrogen) atoms. The maximum atomic E-state index is 5.30. The van der Waals surface area contributed by atoms with Gasteiger partial charge in [-0.3, -0.25) is 0 Å². The molecular weight excluding hydrogens is 256 g/mol. The molecule has 0 aliphatic carbocycles. The Balaban J connectivity index is 2.04. The van der Waals surface area contributed by atoms with E-state index in [0.717, 1.165) is 17.9 Å². The largest absolute Gasteiger partial charge is 0.454 e. The van der Waals surface area contributed by atoms with E-state index in [4.69, 9.17) is 9.47 Å². The highest BCUT2D eigenvalue weighted by Gasteiger charge is 2.12. The molecule has 3 heteroatoms. The first-order chi connectivity index (χ1) is 7.40. The highest BCUT2D eigenvalue weighted by atomic mass is 79.9. The van der Waals surface area contributed by atoms with Crippen molar-refractivity contribution in [3.05, 3.63) is 47.0 Å². The molecule has 2 rings (SSSR count). The van der Waals surface area contributed by atoms with Gasteiger partial charge in [-0.05, 0) is 29.1 Å². The van der Waals surface area contributed by atoms with E-state index in [2.05, 4.69) is 28.1 Å². The van der Waals surface area contributed by atoms with Gasteiger partial charge in [-0.2, -0.15) is 0 Å². The summed E-state index contributed by atoms with van der Waals surface area (Å²) in [6.07, 6.45) is 6.93. The van der Waals surface area contributed by atoms with Crippen LogP contribution in [0.15, 0.2) is 41.4 Å². The molecule has 78 valence electrons. The molecule has 0 N–H and O–H groups in total. The van der Waals surface area contributed by atoms with Crippen LogP contribution in [-0.2, 0) is 6.42 Å². The molecule has 0 aromatic heterocycles. The van der Waals surface area contributed by atoms with Gasteiger partial charge in [-0.25, -0.2) is 0 Å². The Labute approximate surface area is 97.3 Å². The van der Waals surface area contributed by atoms with Crippen LogP contribution in [-0.4, -0.2) is 6.79 Å². The second kappa shape index (κ2) is 5.03. The Hall–Kier alpha value is -1.22. The van der Waals surface area contributed by atoms with E-state index in [0.29, 0.717) is 6.79 Å². The average Bonchev–Trinajstić information content (AvgIpc) is 2.71. The van der Waals surface area contributed by atoms with Crippen LogP contribution >= 0.6 is 15.9 Å². The van der Waals surface area contributed by atoms with Gasteiger partial charge in [0.05, 0.1) is 0 Å². The fourth-order valence-electron chi connectivity index (χ4n) is 1.39. The summed E-state index contributed by atoms with van der Waals surface area (Å²) < 4.78 is 10.5. The molecule has 0 spiro atoms. The van der Waals surface area contributed by atoms with E-state index >= 15 is 0 Å². The quantitative estimate of drug-likeness (QED) is 0.781. The second-order valence-electron chi connectivity index (χ2n) is 3.14. The zero-order valence-corrected chi connectivity index (χ0v) is 9.74. The SMILES string of the molecule is Br/C=C/C=C/Cc1ccc2c(c1)OCO2. The van der Waals surface area contributed by atoms with E-state index in [1.54, 1.807) is 0 Å². The molecule has 0 atom stereocenters. The third-order valence-corrected chi connectivity index (χ3v) is 2.42. The zero-order chi connectivity index (χ0) is 10.5. The van der Waals surface area contributed by atoms with Gasteiger partial charge in [0.1, 0.15) is 0 Å². The zero-order valence-electron chi connectivity index (χ0n) is 8.15. The molecule has 0 bridgehead atoms. The number of allylic oxidation sites excluding steroid dienone is 3. The summed E-state index contributed by atoms with van der Waals surface area (Å²) in [6.45, 7) is 0.334. The molecule has 2 nitrogen and oxygen atoms in total. The Kier molecular flexibility index (Phi) is 3.45. The number of ether oxygens (including phenoxy) is 2. The topological polar surface area (TPSA) is 18.5 Å². The van der Waals surface area contributed by atoms with Crippen molar-refractivity contribution in [1.29, 1.82) is 0 Å². The Morgan fingerprint density at radius 3 is 2.93 bits per heavy atom. The molecule has 1 aromatic carbocycles. The molecule has 1 aliphatic rings. The fraction of sp³-hybridized carbons (Fsp3) is 0.167. The van der Waals surface area contributed by atoms with E-state index in [9.17, 15) is 0 Å². The maximum Gasteiger partial charge on any atom is 0.231 e. The number of fused-ring (bicyclic) bond motifs is 1. The highest BCUT2D eigenvalue weighted by molar-refractivity contribution is 9.11. The molecule has 0 saturated heterocycles. The normalized spacial score (nSPS) is 14.2. The predicted molar refractivity (Wildman–Crippen MR) is 63.5 cm³/mol. The number of rotatable bonds is 3. The third kappa shape index (κ3) is 2.63. The minimum atomic E-state index is 0.334. The summed E-state index contributed by atoms with van der Waals surface area (Å²) >= 11 is 3.21. The van der Waals surface area contributed by atoms with Gasteiger partial charge < -0.3 is 9.47 Å². The maximum absolute atomic E-state index is 5.30. The third-order valence-electron chi connectivity index (χ3n) is 2.11. The van der Waals surface area contributed by atoms with Crippen LogP contribution in [0, 0.1) is 0 Å². The summed E-state index contributed by atoms with van der Waals surface area (Å²) in [5, 5.41) is 0. The summed E-state index contributed by atoms with van der Waals surface area (Å²) in [4.78, 5) is 1.82. The van der Waals surface area contributed by atoms with Gasteiger partial charge in [0.2, 0.25) is 6.79 Å². The lowest BCUT2D eigenvalue weighted by molar-refractivity contribution is 0.174. The van der Waals surface area contributed by atoms with Crippen LogP contribution in [0.5, 0.6) is 11.5 Å². The first-order valence-electron chi connectivity index (χ1n) is 4.70. The van der Waals surface area contributed by atoms with E-state index in [1.165, 1.54) is 5.56 Å². The summed E-state index contributed by atoms with van der Waals surface area (Å²) in [6, 6.07) is 6.02. The molecule has 1 aromatic rings. The molecule has 0 amide bonds. The molecule has 0 unspecified atom stereocenters. The highest BCUT2D eigenvalue weighted by Crippen LogP contribution is 2.32. The van der Waals surface area contributed by atoms with Crippen LogP contribution in [0.1, 0.15) is 5.56 Å². The van der Waals surface area contributed by atoms with Gasteiger partial charge in [-0.1, -0.05) is 40.2 Å². The minimum absolute atomic E-state index is 0.334. The van der Waals surface area contributed by atoms with Crippen LogP contribution in [0.3, 0.4) is 0 Å². The van der Waals surface area contributed by atoms with Crippen molar-refractivity contribution in [3.8, 4) is 11.5 Å². The van der Waals surface area contributed by atoms with Crippen LogP contribution in [0.4, 0.5) is 0 Å². The molecule has 1 heterocycles. The number of hydrogen-bond donors (Lipinski definition) is 0. The lowest BCUT2D eigenvalue weighted by atomic mass is 10.1. The van der Waals surface area contributed by atoms with E-state index < -0.39 is 0 Å².